The second kappa shape index (κ2) is 6.68. The van der Waals surface area contributed by atoms with E-state index in [1.165, 1.54) is 7.11 Å². The molecule has 28 heavy (non-hydrogen) atoms. The zero-order valence-corrected chi connectivity index (χ0v) is 16.3. The molecule has 5 heteroatoms. The number of fused-ring (bicyclic) bond motifs is 2. The number of ether oxygens (including phenoxy) is 2. The Morgan fingerprint density at radius 3 is 2.39 bits per heavy atom. The predicted octanol–water partition coefficient (Wildman–Crippen LogP) is 3.75. The largest absolute Gasteiger partial charge is 0.496 e. The van der Waals surface area contributed by atoms with Gasteiger partial charge in [-0.15, -0.1) is 0 Å². The molecule has 4 rings (SSSR count). The number of hydrogen-bond acceptors (Lipinski definition) is 5. The molecule has 0 bridgehead atoms. The molecule has 0 aromatic heterocycles. The van der Waals surface area contributed by atoms with Crippen molar-refractivity contribution >= 4 is 17.4 Å². The zero-order chi connectivity index (χ0) is 20.0. The lowest BCUT2D eigenvalue weighted by atomic mass is 9.79. The second-order valence-corrected chi connectivity index (χ2v) is 6.98. The van der Waals surface area contributed by atoms with Crippen molar-refractivity contribution in [3.63, 3.8) is 0 Å². The third-order valence-electron chi connectivity index (χ3n) is 5.41. The van der Waals surface area contributed by atoms with Crippen LogP contribution in [0.15, 0.2) is 59.3 Å². The van der Waals surface area contributed by atoms with E-state index >= 15 is 0 Å². The number of carbonyl (C=O) groups excluding carboxylic acids is 2. The summed E-state index contributed by atoms with van der Waals surface area (Å²) in [6, 6.07) is 13.2. The molecule has 1 atom stereocenters. The number of allylic oxidation sites excluding steroid dienone is 2. The maximum Gasteiger partial charge on any atom is 0.336 e. The SMILES string of the molecule is COC(=O)C1=C(C)NC2=C(C(=O)c3ccccc32)[C@H]1c1ccc(OC)c(C)c1. The van der Waals surface area contributed by atoms with E-state index in [0.29, 0.717) is 22.4 Å². The van der Waals surface area contributed by atoms with Gasteiger partial charge in [0.2, 0.25) is 0 Å². The number of rotatable bonds is 3. The molecular formula is C23H21NO4. The van der Waals surface area contributed by atoms with Crippen molar-refractivity contribution in [1.29, 1.82) is 0 Å². The number of ketones is 1. The first-order valence-corrected chi connectivity index (χ1v) is 9.06. The van der Waals surface area contributed by atoms with Crippen LogP contribution in [0.2, 0.25) is 0 Å². The Balaban J connectivity index is 1.95. The number of Topliss-reactive ketones (excluding diaryl/α,β-unsaturated/α-hetero) is 1. The van der Waals surface area contributed by atoms with Gasteiger partial charge >= 0.3 is 5.97 Å². The highest BCUT2D eigenvalue weighted by atomic mass is 16.5. The van der Waals surface area contributed by atoms with Crippen LogP contribution < -0.4 is 10.1 Å². The van der Waals surface area contributed by atoms with E-state index in [1.807, 2.05) is 56.3 Å². The van der Waals surface area contributed by atoms with Crippen molar-refractivity contribution in [1.82, 2.24) is 5.32 Å². The maximum atomic E-state index is 13.3. The first kappa shape index (κ1) is 18.0. The summed E-state index contributed by atoms with van der Waals surface area (Å²) in [6.07, 6.45) is 0. The minimum Gasteiger partial charge on any atom is -0.496 e. The Hall–Kier alpha value is -3.34. The Labute approximate surface area is 163 Å². The van der Waals surface area contributed by atoms with Crippen LogP contribution in [0.5, 0.6) is 5.75 Å². The van der Waals surface area contributed by atoms with Gasteiger partial charge in [0.25, 0.3) is 0 Å². The molecule has 0 unspecified atom stereocenters. The van der Waals surface area contributed by atoms with Gasteiger partial charge in [-0.2, -0.15) is 0 Å². The molecule has 0 radical (unpaired) electrons. The standard InChI is InChI=1S/C23H21NO4/c1-12-11-14(9-10-17(12)27-3)19-18(23(26)28-4)13(2)24-21-15-7-5-6-8-16(15)22(25)20(19)21/h5-11,19,24H,1-4H3/t19-/m0/s1. The molecule has 1 N–H and O–H groups in total. The maximum absolute atomic E-state index is 13.3. The van der Waals surface area contributed by atoms with Crippen molar-refractivity contribution in [3.8, 4) is 5.75 Å². The Morgan fingerprint density at radius 1 is 1.04 bits per heavy atom. The zero-order valence-electron chi connectivity index (χ0n) is 16.3. The summed E-state index contributed by atoms with van der Waals surface area (Å²) in [5.41, 5.74) is 5.79. The molecular weight excluding hydrogens is 354 g/mol. The fraction of sp³-hybridized carbons (Fsp3) is 0.217. The third kappa shape index (κ3) is 2.54. The summed E-state index contributed by atoms with van der Waals surface area (Å²) in [6.45, 7) is 3.78. The fourth-order valence-electron chi connectivity index (χ4n) is 4.12. The smallest absolute Gasteiger partial charge is 0.336 e. The van der Waals surface area contributed by atoms with E-state index in [9.17, 15) is 9.59 Å². The van der Waals surface area contributed by atoms with Gasteiger partial charge in [0, 0.05) is 28.3 Å². The quantitative estimate of drug-likeness (QED) is 0.828. The van der Waals surface area contributed by atoms with E-state index in [0.717, 1.165) is 28.1 Å². The Bertz CT molecular complexity index is 1080. The number of aryl methyl sites for hydroxylation is 1. The second-order valence-electron chi connectivity index (χ2n) is 6.98. The van der Waals surface area contributed by atoms with Gasteiger partial charge in [-0.1, -0.05) is 36.4 Å². The number of benzene rings is 2. The molecule has 142 valence electrons. The summed E-state index contributed by atoms with van der Waals surface area (Å²) in [7, 11) is 2.97. The van der Waals surface area contributed by atoms with Gasteiger partial charge in [0.15, 0.2) is 5.78 Å². The van der Waals surface area contributed by atoms with E-state index < -0.39 is 11.9 Å². The number of methoxy groups -OCH3 is 2. The van der Waals surface area contributed by atoms with E-state index in [4.69, 9.17) is 9.47 Å². The van der Waals surface area contributed by atoms with E-state index in [-0.39, 0.29) is 5.78 Å². The van der Waals surface area contributed by atoms with Crippen molar-refractivity contribution in [2.75, 3.05) is 14.2 Å². The van der Waals surface area contributed by atoms with Crippen LogP contribution in [-0.2, 0) is 9.53 Å². The van der Waals surface area contributed by atoms with Crippen LogP contribution in [0.25, 0.3) is 5.70 Å². The summed E-state index contributed by atoms with van der Waals surface area (Å²) < 4.78 is 10.4. The Kier molecular flexibility index (Phi) is 4.30. The van der Waals surface area contributed by atoms with Gasteiger partial charge in [-0.05, 0) is 31.0 Å². The van der Waals surface area contributed by atoms with Crippen LogP contribution in [0.1, 0.15) is 39.9 Å². The van der Waals surface area contributed by atoms with Crippen LogP contribution >= 0.6 is 0 Å². The van der Waals surface area contributed by atoms with Gasteiger partial charge in [0.05, 0.1) is 25.5 Å². The molecule has 1 heterocycles. The van der Waals surface area contributed by atoms with Gasteiger partial charge in [-0.3, -0.25) is 4.79 Å². The Morgan fingerprint density at radius 2 is 1.75 bits per heavy atom. The third-order valence-corrected chi connectivity index (χ3v) is 5.41. The molecule has 2 aromatic carbocycles. The van der Waals surface area contributed by atoms with E-state index in [1.54, 1.807) is 7.11 Å². The molecule has 0 saturated heterocycles. The van der Waals surface area contributed by atoms with Crippen molar-refractivity contribution in [2.24, 2.45) is 0 Å². The highest BCUT2D eigenvalue weighted by Gasteiger charge is 2.42. The summed E-state index contributed by atoms with van der Waals surface area (Å²) in [5.74, 6) is -0.259. The average molecular weight is 375 g/mol. The van der Waals surface area contributed by atoms with E-state index in [2.05, 4.69) is 5.32 Å². The molecule has 2 aliphatic rings. The number of esters is 1. The van der Waals surface area contributed by atoms with Crippen LogP contribution in [0.4, 0.5) is 0 Å². The van der Waals surface area contributed by atoms with Crippen molar-refractivity contribution < 1.29 is 19.1 Å². The van der Waals surface area contributed by atoms with Gasteiger partial charge in [-0.25, -0.2) is 4.79 Å². The molecule has 0 saturated carbocycles. The topological polar surface area (TPSA) is 64.6 Å². The number of nitrogens with one attached hydrogen (secondary N) is 1. The van der Waals surface area contributed by atoms with Gasteiger partial charge in [0.1, 0.15) is 5.75 Å². The minimum atomic E-state index is -0.506. The van der Waals surface area contributed by atoms with Crippen LogP contribution in [0, 0.1) is 6.92 Å². The molecule has 2 aromatic rings. The predicted molar refractivity (Wildman–Crippen MR) is 106 cm³/mol. The molecule has 5 nitrogen and oxygen atoms in total. The number of hydrogen-bond donors (Lipinski definition) is 1. The lowest BCUT2D eigenvalue weighted by Crippen LogP contribution is -2.29. The normalized spacial score (nSPS) is 17.9. The lowest BCUT2D eigenvalue weighted by Gasteiger charge is -2.29. The van der Waals surface area contributed by atoms with Crippen LogP contribution in [-0.4, -0.2) is 26.0 Å². The lowest BCUT2D eigenvalue weighted by molar-refractivity contribution is -0.136. The molecule has 0 fully saturated rings. The first-order valence-electron chi connectivity index (χ1n) is 9.06. The number of dihydropyridines is 1. The monoisotopic (exact) mass is 375 g/mol. The first-order chi connectivity index (χ1) is 13.5. The highest BCUT2D eigenvalue weighted by molar-refractivity contribution is 6.23. The highest BCUT2D eigenvalue weighted by Crippen LogP contribution is 2.47. The molecule has 0 spiro atoms. The minimum absolute atomic E-state index is 0.0644. The van der Waals surface area contributed by atoms with Crippen molar-refractivity contribution in [2.45, 2.75) is 19.8 Å². The molecule has 1 aliphatic heterocycles. The van der Waals surface area contributed by atoms with Gasteiger partial charge < -0.3 is 14.8 Å². The summed E-state index contributed by atoms with van der Waals surface area (Å²) in [5, 5.41) is 3.28. The fourth-order valence-corrected chi connectivity index (χ4v) is 4.12. The molecule has 1 aliphatic carbocycles. The summed E-state index contributed by atoms with van der Waals surface area (Å²) in [4.78, 5) is 25.9. The number of carbonyl (C=O) groups is 2. The van der Waals surface area contributed by atoms with Crippen LogP contribution in [0.3, 0.4) is 0 Å². The summed E-state index contributed by atoms with van der Waals surface area (Å²) >= 11 is 0. The van der Waals surface area contributed by atoms with Crippen molar-refractivity contribution in [3.05, 3.63) is 81.6 Å². The molecule has 0 amide bonds. The average Bonchev–Trinajstić information content (AvgIpc) is 2.98.